The number of anilines is 3. The lowest BCUT2D eigenvalue weighted by Crippen LogP contribution is -2.62. The molecule has 10 heteroatoms. The summed E-state index contributed by atoms with van der Waals surface area (Å²) >= 11 is 0. The molecule has 4 aromatic rings. The highest BCUT2D eigenvalue weighted by Gasteiger charge is 2.37. The largest absolute Gasteiger partial charge is 0.494 e. The van der Waals surface area contributed by atoms with Crippen LogP contribution in [0.1, 0.15) is 6.42 Å². The van der Waals surface area contributed by atoms with Gasteiger partial charge in [-0.05, 0) is 31.6 Å². The summed E-state index contributed by atoms with van der Waals surface area (Å²) < 4.78 is 7.68. The number of methoxy groups -OCH3 is 1. The second kappa shape index (κ2) is 8.80. The van der Waals surface area contributed by atoms with Gasteiger partial charge in [0.25, 0.3) is 5.69 Å². The molecule has 2 aliphatic rings. The number of hydrogen-bond donors (Lipinski definition) is 1. The van der Waals surface area contributed by atoms with E-state index in [1.807, 2.05) is 36.3 Å². The van der Waals surface area contributed by atoms with Gasteiger partial charge in [0.15, 0.2) is 0 Å². The first-order valence-electron chi connectivity index (χ1n) is 12.0. The molecule has 2 aliphatic heterocycles. The van der Waals surface area contributed by atoms with E-state index in [0.717, 1.165) is 48.3 Å². The Bertz CT molecular complexity index is 1460. The zero-order valence-corrected chi connectivity index (χ0v) is 20.2. The summed E-state index contributed by atoms with van der Waals surface area (Å²) in [5.74, 6) is 0.838. The highest BCUT2D eigenvalue weighted by molar-refractivity contribution is 5.95. The molecular weight excluding hydrogens is 458 g/mol. The van der Waals surface area contributed by atoms with Crippen molar-refractivity contribution in [1.29, 1.82) is 0 Å². The van der Waals surface area contributed by atoms with E-state index in [4.69, 9.17) is 9.72 Å². The minimum atomic E-state index is -0.343. The molecule has 0 amide bonds. The molecule has 0 bridgehead atoms. The van der Waals surface area contributed by atoms with E-state index in [1.54, 1.807) is 19.4 Å². The number of ether oxygens (including phenoxy) is 1. The summed E-state index contributed by atoms with van der Waals surface area (Å²) in [7, 11) is 3.56. The SMILES string of the molecule is COc1cc(N2CC(N3CCC3)C2)c([N+](=O)[O-])cc1Nc1nccc(-c2cn(C)c3ccccc23)n1. The van der Waals surface area contributed by atoms with Gasteiger partial charge in [-0.3, -0.25) is 15.0 Å². The third kappa shape index (κ3) is 3.79. The summed E-state index contributed by atoms with van der Waals surface area (Å²) in [6.45, 7) is 3.80. The predicted molar refractivity (Wildman–Crippen MR) is 139 cm³/mol. The van der Waals surface area contributed by atoms with E-state index in [1.165, 1.54) is 12.5 Å². The molecule has 2 fully saturated rings. The highest BCUT2D eigenvalue weighted by atomic mass is 16.6. The Hall–Kier alpha value is -4.18. The van der Waals surface area contributed by atoms with Crippen LogP contribution in [0.4, 0.5) is 23.0 Å². The molecule has 0 aliphatic carbocycles. The zero-order chi connectivity index (χ0) is 24.8. The van der Waals surface area contributed by atoms with Crippen LogP contribution in [0.25, 0.3) is 22.2 Å². The van der Waals surface area contributed by atoms with E-state index < -0.39 is 0 Å². The lowest BCUT2D eigenvalue weighted by molar-refractivity contribution is -0.384. The molecule has 36 heavy (non-hydrogen) atoms. The molecule has 0 saturated carbocycles. The summed E-state index contributed by atoms with van der Waals surface area (Å²) in [6, 6.07) is 13.7. The zero-order valence-electron chi connectivity index (χ0n) is 20.2. The quantitative estimate of drug-likeness (QED) is 0.307. The maximum absolute atomic E-state index is 12.0. The fourth-order valence-corrected chi connectivity index (χ4v) is 5.05. The number of para-hydroxylation sites is 1. The smallest absolute Gasteiger partial charge is 0.294 e. The molecule has 10 nitrogen and oxygen atoms in total. The van der Waals surface area contributed by atoms with Crippen molar-refractivity contribution in [2.75, 3.05) is 43.5 Å². The number of nitrogens with zero attached hydrogens (tertiary/aromatic N) is 6. The third-order valence-electron chi connectivity index (χ3n) is 7.18. The summed E-state index contributed by atoms with van der Waals surface area (Å²) in [5.41, 5.74) is 3.90. The van der Waals surface area contributed by atoms with Gasteiger partial charge in [0.05, 0.1) is 23.4 Å². The van der Waals surface area contributed by atoms with Crippen molar-refractivity contribution in [2.24, 2.45) is 7.05 Å². The number of likely N-dealkylation sites (tertiary alicyclic amines) is 1. The number of aromatic nitrogens is 3. The molecule has 0 unspecified atom stereocenters. The molecule has 0 spiro atoms. The first-order valence-corrected chi connectivity index (χ1v) is 12.0. The van der Waals surface area contributed by atoms with E-state index >= 15 is 0 Å². The fraction of sp³-hybridized carbons (Fsp3) is 0.308. The van der Waals surface area contributed by atoms with Crippen LogP contribution in [0.5, 0.6) is 5.75 Å². The molecule has 2 saturated heterocycles. The standard InChI is InChI=1S/C26H27N7O3/c1-30-16-19(18-6-3-4-7-22(18)30)20-8-9-27-26(28-20)29-21-12-24(33(34)35)23(13-25(21)36-2)32-14-17(15-32)31-10-5-11-31/h3-4,6-9,12-13,16-17H,5,10-11,14-15H2,1-2H3,(H,27,28,29). The Labute approximate surface area is 208 Å². The van der Waals surface area contributed by atoms with Gasteiger partial charge in [0.1, 0.15) is 11.4 Å². The van der Waals surface area contributed by atoms with Crippen molar-refractivity contribution in [3.8, 4) is 17.0 Å². The van der Waals surface area contributed by atoms with Gasteiger partial charge in [0, 0.05) is 67.2 Å². The molecule has 2 aromatic heterocycles. The number of aryl methyl sites for hydroxylation is 1. The first kappa shape index (κ1) is 22.3. The average molecular weight is 486 g/mol. The van der Waals surface area contributed by atoms with E-state index in [-0.39, 0.29) is 10.6 Å². The Morgan fingerprint density at radius 3 is 2.69 bits per heavy atom. The Kier molecular flexibility index (Phi) is 5.45. The summed E-state index contributed by atoms with van der Waals surface area (Å²) in [5, 5.41) is 16.2. The maximum atomic E-state index is 12.0. The van der Waals surface area contributed by atoms with Crippen molar-refractivity contribution < 1.29 is 9.66 Å². The fourth-order valence-electron chi connectivity index (χ4n) is 5.05. The van der Waals surface area contributed by atoms with Gasteiger partial charge in [-0.15, -0.1) is 0 Å². The average Bonchev–Trinajstić information content (AvgIpc) is 3.16. The Morgan fingerprint density at radius 1 is 1.17 bits per heavy atom. The van der Waals surface area contributed by atoms with Gasteiger partial charge in [-0.1, -0.05) is 18.2 Å². The van der Waals surface area contributed by atoms with Crippen molar-refractivity contribution in [3.05, 3.63) is 65.0 Å². The van der Waals surface area contributed by atoms with Gasteiger partial charge >= 0.3 is 0 Å². The Morgan fingerprint density at radius 2 is 1.97 bits per heavy atom. The molecule has 0 radical (unpaired) electrons. The molecule has 0 atom stereocenters. The number of rotatable bonds is 7. The molecule has 1 N–H and O–H groups in total. The number of hydrogen-bond acceptors (Lipinski definition) is 8. The normalized spacial score (nSPS) is 16.0. The van der Waals surface area contributed by atoms with Crippen LogP contribution in [0.15, 0.2) is 54.9 Å². The predicted octanol–water partition coefficient (Wildman–Crippen LogP) is 4.19. The topological polar surface area (TPSA) is 102 Å². The van der Waals surface area contributed by atoms with Crippen molar-refractivity contribution in [1.82, 2.24) is 19.4 Å². The first-order chi connectivity index (χ1) is 17.5. The van der Waals surface area contributed by atoms with Crippen LogP contribution in [-0.2, 0) is 7.05 Å². The molecule has 4 heterocycles. The van der Waals surface area contributed by atoms with E-state index in [2.05, 4.69) is 31.9 Å². The lowest BCUT2D eigenvalue weighted by atomic mass is 10.0. The van der Waals surface area contributed by atoms with Crippen molar-refractivity contribution in [2.45, 2.75) is 12.5 Å². The van der Waals surface area contributed by atoms with Gasteiger partial charge in [0.2, 0.25) is 5.95 Å². The van der Waals surface area contributed by atoms with E-state index in [0.29, 0.717) is 29.1 Å². The van der Waals surface area contributed by atoms with Crippen LogP contribution < -0.4 is 15.0 Å². The summed E-state index contributed by atoms with van der Waals surface area (Å²) in [6.07, 6.45) is 4.95. The van der Waals surface area contributed by atoms with Gasteiger partial charge in [-0.25, -0.2) is 9.97 Å². The second-order valence-corrected chi connectivity index (χ2v) is 9.31. The molecule has 2 aromatic carbocycles. The van der Waals surface area contributed by atoms with Crippen LogP contribution in [-0.4, -0.2) is 63.7 Å². The summed E-state index contributed by atoms with van der Waals surface area (Å²) in [4.78, 5) is 25.2. The highest BCUT2D eigenvalue weighted by Crippen LogP contribution is 2.41. The monoisotopic (exact) mass is 485 g/mol. The van der Waals surface area contributed by atoms with Gasteiger partial charge < -0.3 is 19.5 Å². The molecule has 184 valence electrons. The minimum Gasteiger partial charge on any atom is -0.494 e. The van der Waals surface area contributed by atoms with Crippen molar-refractivity contribution >= 4 is 33.9 Å². The number of fused-ring (bicyclic) bond motifs is 1. The minimum absolute atomic E-state index is 0.0329. The van der Waals surface area contributed by atoms with Crippen LogP contribution in [0.3, 0.4) is 0 Å². The van der Waals surface area contributed by atoms with Gasteiger partial charge in [-0.2, -0.15) is 0 Å². The third-order valence-corrected chi connectivity index (χ3v) is 7.18. The Balaban J connectivity index is 1.31. The van der Waals surface area contributed by atoms with Crippen LogP contribution in [0, 0.1) is 10.1 Å². The molecule has 6 rings (SSSR count). The van der Waals surface area contributed by atoms with Crippen LogP contribution in [0.2, 0.25) is 0 Å². The second-order valence-electron chi connectivity index (χ2n) is 9.31. The van der Waals surface area contributed by atoms with Crippen molar-refractivity contribution in [3.63, 3.8) is 0 Å². The number of nitro groups is 1. The molecular formula is C26H27N7O3. The number of benzene rings is 2. The lowest BCUT2D eigenvalue weighted by Gasteiger charge is -2.49. The number of nitro benzene ring substituents is 1. The number of nitrogens with one attached hydrogen (secondary N) is 1. The van der Waals surface area contributed by atoms with E-state index in [9.17, 15) is 10.1 Å². The maximum Gasteiger partial charge on any atom is 0.294 e. The van der Waals surface area contributed by atoms with Crippen LogP contribution >= 0.6 is 0 Å².